The lowest BCUT2D eigenvalue weighted by Crippen LogP contribution is -2.66. The van der Waals surface area contributed by atoms with Crippen molar-refractivity contribution in [3.63, 3.8) is 0 Å². The molecule has 18 nitrogen and oxygen atoms in total. The summed E-state index contributed by atoms with van der Waals surface area (Å²) < 4.78 is 43.7. The van der Waals surface area contributed by atoms with Gasteiger partial charge in [0.15, 0.2) is 18.7 Å². The lowest BCUT2D eigenvalue weighted by Gasteiger charge is -2.50. The number of carbonyl (C=O) groups is 4. The van der Waals surface area contributed by atoms with Crippen LogP contribution in [0.2, 0.25) is 0 Å². The Morgan fingerprint density at radius 3 is 2.39 bits per heavy atom. The van der Waals surface area contributed by atoms with Gasteiger partial charge >= 0.3 is 11.9 Å². The second kappa shape index (κ2) is 26.1. The number of methoxy groups -OCH3 is 1. The van der Waals surface area contributed by atoms with Gasteiger partial charge in [0.05, 0.1) is 42.4 Å². The summed E-state index contributed by atoms with van der Waals surface area (Å²) in [7, 11) is 6.88. The van der Waals surface area contributed by atoms with Gasteiger partial charge < -0.3 is 68.4 Å². The van der Waals surface area contributed by atoms with Gasteiger partial charge in [-0.3, -0.25) is 19.4 Å². The highest BCUT2D eigenvalue weighted by molar-refractivity contribution is 5.79. The molecule has 16 atom stereocenters. The Kier molecular flexibility index (Phi) is 21.3. The first-order chi connectivity index (χ1) is 32.8. The van der Waals surface area contributed by atoms with E-state index in [9.17, 15) is 34.5 Å². The molecule has 2 aromatic rings. The van der Waals surface area contributed by atoms with Crippen molar-refractivity contribution in [3.8, 4) is 0 Å². The number of nitrogens with one attached hydrogen (secondary N) is 1. The third-order valence-corrected chi connectivity index (χ3v) is 14.0. The number of fused-ring (bicyclic) bond motifs is 1. The molecule has 1 aromatic carbocycles. The normalized spacial score (nSPS) is 35.7. The monoisotopic (exact) mass is 973 g/mol. The van der Waals surface area contributed by atoms with E-state index in [0.717, 1.165) is 35.6 Å². The van der Waals surface area contributed by atoms with Gasteiger partial charge in [-0.05, 0) is 110 Å². The number of aryl methyl sites for hydroxylation is 1. The fourth-order valence-corrected chi connectivity index (χ4v) is 10.2. The van der Waals surface area contributed by atoms with E-state index in [0.29, 0.717) is 25.9 Å². The molecule has 3 aliphatic heterocycles. The lowest BCUT2D eigenvalue weighted by atomic mass is 9.82. The van der Waals surface area contributed by atoms with Gasteiger partial charge in [0.1, 0.15) is 36.3 Å². The summed E-state index contributed by atoms with van der Waals surface area (Å²) in [5, 5.41) is 39.6. The fraction of sp³-hybridized carbons (Fsp3) is 0.745. The lowest BCUT2D eigenvalue weighted by molar-refractivity contribution is -0.344. The van der Waals surface area contributed by atoms with Crippen LogP contribution in [0.5, 0.6) is 0 Å². The molecular formula is C51H80N4O14. The molecule has 3 aliphatic rings. The number of hydrogen-bond donors (Lipinski definition) is 4. The molecule has 5 rings (SSSR count). The van der Waals surface area contributed by atoms with Crippen molar-refractivity contribution in [3.05, 3.63) is 42.1 Å². The van der Waals surface area contributed by atoms with Crippen LogP contribution >= 0.6 is 0 Å². The number of aldehydes is 1. The van der Waals surface area contributed by atoms with E-state index >= 15 is 0 Å². The van der Waals surface area contributed by atoms with Crippen molar-refractivity contribution in [2.24, 2.45) is 11.8 Å². The van der Waals surface area contributed by atoms with Gasteiger partial charge in [0.25, 0.3) is 0 Å². The van der Waals surface area contributed by atoms with E-state index in [2.05, 4.69) is 16.4 Å². The Balaban J connectivity index is 1.42. The molecule has 4 N–H and O–H groups in total. The topological polar surface area (TPSA) is 225 Å². The average molecular weight is 973 g/mol. The van der Waals surface area contributed by atoms with Crippen molar-refractivity contribution in [2.45, 2.75) is 191 Å². The Morgan fingerprint density at radius 1 is 1.01 bits per heavy atom. The zero-order valence-corrected chi connectivity index (χ0v) is 42.4. The number of likely N-dealkylation sites (N-methyl/N-ethyl adjacent to an activating group) is 2. The van der Waals surface area contributed by atoms with Crippen LogP contribution in [0.1, 0.15) is 105 Å². The molecule has 18 heteroatoms. The smallest absolute Gasteiger partial charge is 0.305 e. The molecule has 1 amide bonds. The van der Waals surface area contributed by atoms with E-state index < -0.39 is 97.0 Å². The summed E-state index contributed by atoms with van der Waals surface area (Å²) in [4.78, 5) is 60.6. The molecule has 3 fully saturated rings. The minimum Gasteiger partial charge on any atom is -0.459 e. The maximum atomic E-state index is 14.2. The highest BCUT2D eigenvalue weighted by atomic mass is 16.7. The SMILES string of the molecule is CCC(=O)O[C@@H]1CC(=O)NC(CCCc2cnc3ccccc3c2)CCN(C)C[C@H](O)[C@H](C)C[C@H](CC=O)[C@H](O[C@@H]2OC(C)[C@@H](O[C@H]3CC(C)(O)[C@@H](OC(=O)CC)C(C)O3)C(N(C)C)C2O)[C@H]1OC. The molecule has 0 saturated carbocycles. The van der Waals surface area contributed by atoms with Crippen molar-refractivity contribution in [2.75, 3.05) is 41.3 Å². The maximum Gasteiger partial charge on any atom is 0.305 e. The van der Waals surface area contributed by atoms with Gasteiger partial charge in [0.2, 0.25) is 5.91 Å². The van der Waals surface area contributed by atoms with Crippen LogP contribution in [0.25, 0.3) is 10.9 Å². The van der Waals surface area contributed by atoms with Crippen LogP contribution in [0.4, 0.5) is 0 Å². The zero-order valence-electron chi connectivity index (χ0n) is 42.4. The Labute approximate surface area is 408 Å². The van der Waals surface area contributed by atoms with Crippen molar-refractivity contribution < 1.29 is 67.7 Å². The summed E-state index contributed by atoms with van der Waals surface area (Å²) in [5.74, 6) is -2.46. The van der Waals surface area contributed by atoms with Gasteiger partial charge in [-0.25, -0.2) is 0 Å². The number of amides is 1. The zero-order chi connectivity index (χ0) is 50.6. The average Bonchev–Trinajstić information content (AvgIpc) is 3.29. The van der Waals surface area contributed by atoms with Crippen molar-refractivity contribution in [1.82, 2.24) is 20.1 Å². The van der Waals surface area contributed by atoms with Gasteiger partial charge in [0, 0.05) is 57.0 Å². The summed E-state index contributed by atoms with van der Waals surface area (Å²) in [6.07, 6.45) is -5.85. The second-order valence-electron chi connectivity index (χ2n) is 19.9. The number of para-hydroxylation sites is 1. The first-order valence-electron chi connectivity index (χ1n) is 24.8. The number of nitrogens with zero attached hydrogens (tertiary/aromatic N) is 3. The number of pyridine rings is 1. The number of hydrogen-bond acceptors (Lipinski definition) is 17. The number of rotatable bonds is 16. The van der Waals surface area contributed by atoms with E-state index in [1.54, 1.807) is 53.6 Å². The third kappa shape index (κ3) is 15.4. The predicted octanol–water partition coefficient (Wildman–Crippen LogP) is 3.71. The second-order valence-corrected chi connectivity index (χ2v) is 19.9. The van der Waals surface area contributed by atoms with Crippen LogP contribution in [0.3, 0.4) is 0 Å². The number of aromatic nitrogens is 1. The molecule has 69 heavy (non-hydrogen) atoms. The molecule has 6 unspecified atom stereocenters. The minimum absolute atomic E-state index is 0.0109. The number of carbonyl (C=O) groups excluding carboxylic acids is 4. The highest BCUT2D eigenvalue weighted by Gasteiger charge is 2.53. The summed E-state index contributed by atoms with van der Waals surface area (Å²) in [5.41, 5.74) is 0.516. The van der Waals surface area contributed by atoms with Crippen LogP contribution in [-0.4, -0.2) is 181 Å². The number of aliphatic hydroxyl groups is 3. The van der Waals surface area contributed by atoms with Crippen LogP contribution < -0.4 is 5.32 Å². The van der Waals surface area contributed by atoms with Gasteiger partial charge in [-0.15, -0.1) is 0 Å². The van der Waals surface area contributed by atoms with Crippen LogP contribution in [-0.2, 0) is 58.8 Å². The van der Waals surface area contributed by atoms with E-state index in [1.807, 2.05) is 49.3 Å². The molecule has 4 heterocycles. The van der Waals surface area contributed by atoms with E-state index in [-0.39, 0.29) is 56.4 Å². The molecule has 388 valence electrons. The Hall–Kier alpha value is -3.69. The highest BCUT2D eigenvalue weighted by Crippen LogP contribution is 2.38. The minimum atomic E-state index is -1.50. The molecular weight excluding hydrogens is 893 g/mol. The maximum absolute atomic E-state index is 14.2. The van der Waals surface area contributed by atoms with Crippen molar-refractivity contribution in [1.29, 1.82) is 0 Å². The van der Waals surface area contributed by atoms with Gasteiger partial charge in [-0.1, -0.05) is 39.0 Å². The van der Waals surface area contributed by atoms with Crippen LogP contribution in [0.15, 0.2) is 36.5 Å². The molecule has 1 aromatic heterocycles. The number of β-amino-alcohol motifs (C(OH)–C–C–N with tert-alkyl or cyclic N) is 1. The first kappa shape index (κ1) is 56.2. The summed E-state index contributed by atoms with van der Waals surface area (Å²) >= 11 is 0. The summed E-state index contributed by atoms with van der Waals surface area (Å²) in [6.45, 7) is 11.1. The van der Waals surface area contributed by atoms with E-state index in [1.165, 1.54) is 7.11 Å². The third-order valence-electron chi connectivity index (χ3n) is 14.0. The Morgan fingerprint density at radius 2 is 1.72 bits per heavy atom. The van der Waals surface area contributed by atoms with Crippen molar-refractivity contribution >= 4 is 35.0 Å². The fourth-order valence-electron chi connectivity index (χ4n) is 10.2. The van der Waals surface area contributed by atoms with Crippen LogP contribution in [0, 0.1) is 11.8 Å². The number of ether oxygens (including phenoxy) is 7. The number of esters is 2. The summed E-state index contributed by atoms with van der Waals surface area (Å²) in [6, 6.07) is 9.05. The van der Waals surface area contributed by atoms with E-state index in [4.69, 9.17) is 33.2 Å². The number of benzene rings is 1. The molecule has 0 radical (unpaired) electrons. The Bertz CT molecular complexity index is 1960. The molecule has 0 spiro atoms. The predicted molar refractivity (Wildman–Crippen MR) is 256 cm³/mol. The molecule has 0 bridgehead atoms. The number of aliphatic hydroxyl groups excluding tert-OH is 2. The quantitative estimate of drug-likeness (QED) is 0.139. The molecule has 3 saturated heterocycles. The largest absolute Gasteiger partial charge is 0.459 e. The molecule has 0 aliphatic carbocycles. The van der Waals surface area contributed by atoms with Gasteiger partial charge in [-0.2, -0.15) is 0 Å². The first-order valence-corrected chi connectivity index (χ1v) is 24.8. The standard InChI is InChI=1S/C51H80N4O14/c1-11-41(59)66-39-26-40(58)53-36(18-15-16-33-25-34-17-13-14-19-37(34)52-28-33)20-22-55(9)29-38(57)30(3)24-35(21-23-56)47(48(39)63-10)69-50-45(61)44(54(7)8)46(31(4)65-50)68-43-27-51(6,62)49(32(5)64-43)67-42(60)12-2/h13-14,17,19,23,25,28,30-32,35-36,38-39,43-50,57,61-62H,11-12,15-16,18,20-22,24,26-27,29H2,1-10H3,(H,53,58)/t30-,31?,32?,35+,36?,38+,39-,43+,44?,45?,46-,47+,48+,49+,50+,51?/m1/s1.